The van der Waals surface area contributed by atoms with Crippen LogP contribution in [-0.4, -0.2) is 62.4 Å². The van der Waals surface area contributed by atoms with E-state index < -0.39 is 5.97 Å². The standard InChI is InChI=1S/C10H20N2O3/c1-15-6-2-4-12-5-3-11-7-9(8-12)10(13)14/h9,11H,2-8H2,1H3,(H,13,14). The third kappa shape index (κ3) is 4.59. The minimum atomic E-state index is -0.707. The van der Waals surface area contributed by atoms with E-state index in [1.807, 2.05) is 0 Å². The van der Waals surface area contributed by atoms with Crippen molar-refractivity contribution in [1.29, 1.82) is 0 Å². The smallest absolute Gasteiger partial charge is 0.309 e. The van der Waals surface area contributed by atoms with Crippen LogP contribution >= 0.6 is 0 Å². The maximum Gasteiger partial charge on any atom is 0.309 e. The summed E-state index contributed by atoms with van der Waals surface area (Å²) in [4.78, 5) is 13.1. The zero-order chi connectivity index (χ0) is 11.1. The molecule has 5 heteroatoms. The molecule has 1 aliphatic rings. The van der Waals surface area contributed by atoms with Crippen molar-refractivity contribution in [2.24, 2.45) is 5.92 Å². The number of nitrogens with zero attached hydrogens (tertiary/aromatic N) is 1. The lowest BCUT2D eigenvalue weighted by molar-refractivity contribution is -0.141. The Morgan fingerprint density at radius 2 is 2.47 bits per heavy atom. The number of aliphatic carboxylic acids is 1. The first-order chi connectivity index (χ1) is 7.24. The molecule has 0 aromatic heterocycles. The number of nitrogens with one attached hydrogen (secondary N) is 1. The summed E-state index contributed by atoms with van der Waals surface area (Å²) in [5.41, 5.74) is 0. The molecule has 1 atom stereocenters. The van der Waals surface area contributed by atoms with E-state index in [0.29, 0.717) is 13.1 Å². The van der Waals surface area contributed by atoms with Crippen LogP contribution < -0.4 is 5.32 Å². The molecule has 0 aromatic rings. The molecule has 88 valence electrons. The number of hydrogen-bond donors (Lipinski definition) is 2. The van der Waals surface area contributed by atoms with Gasteiger partial charge in [0.25, 0.3) is 0 Å². The highest BCUT2D eigenvalue weighted by Gasteiger charge is 2.22. The van der Waals surface area contributed by atoms with Gasteiger partial charge in [-0.05, 0) is 6.42 Å². The molecule has 1 aliphatic heterocycles. The Morgan fingerprint density at radius 3 is 3.13 bits per heavy atom. The van der Waals surface area contributed by atoms with Crippen LogP contribution in [0.5, 0.6) is 0 Å². The summed E-state index contributed by atoms with van der Waals surface area (Å²) in [5, 5.41) is 12.1. The Kier molecular flexibility index (Phi) is 5.60. The maximum absolute atomic E-state index is 10.9. The number of rotatable bonds is 5. The van der Waals surface area contributed by atoms with Gasteiger partial charge in [-0.1, -0.05) is 0 Å². The van der Waals surface area contributed by atoms with Crippen LogP contribution in [0.25, 0.3) is 0 Å². The van der Waals surface area contributed by atoms with E-state index in [1.165, 1.54) is 0 Å². The Bertz CT molecular complexity index is 199. The van der Waals surface area contributed by atoms with E-state index in [9.17, 15) is 4.79 Å². The SMILES string of the molecule is COCCCN1CCNCC(C(=O)O)C1. The predicted molar refractivity (Wildman–Crippen MR) is 56.9 cm³/mol. The summed E-state index contributed by atoms with van der Waals surface area (Å²) in [6.45, 7) is 4.67. The number of methoxy groups -OCH3 is 1. The molecule has 1 unspecified atom stereocenters. The summed E-state index contributed by atoms with van der Waals surface area (Å²) < 4.78 is 4.98. The topological polar surface area (TPSA) is 61.8 Å². The van der Waals surface area contributed by atoms with Crippen LogP contribution in [0.3, 0.4) is 0 Å². The van der Waals surface area contributed by atoms with Gasteiger partial charge in [-0.3, -0.25) is 4.79 Å². The second kappa shape index (κ2) is 6.76. The Morgan fingerprint density at radius 1 is 1.67 bits per heavy atom. The first-order valence-corrected chi connectivity index (χ1v) is 5.39. The second-order valence-corrected chi connectivity index (χ2v) is 3.89. The fraction of sp³-hybridized carbons (Fsp3) is 0.900. The van der Waals surface area contributed by atoms with Crippen LogP contribution in [0, 0.1) is 5.92 Å². The largest absolute Gasteiger partial charge is 0.481 e. The van der Waals surface area contributed by atoms with E-state index >= 15 is 0 Å². The Balaban J connectivity index is 2.32. The van der Waals surface area contributed by atoms with Gasteiger partial charge in [0.1, 0.15) is 0 Å². The first kappa shape index (κ1) is 12.4. The molecule has 0 aliphatic carbocycles. The first-order valence-electron chi connectivity index (χ1n) is 5.39. The van der Waals surface area contributed by atoms with Crippen molar-refractivity contribution < 1.29 is 14.6 Å². The van der Waals surface area contributed by atoms with E-state index in [2.05, 4.69) is 10.2 Å². The van der Waals surface area contributed by atoms with Gasteiger partial charge in [0, 0.05) is 46.4 Å². The van der Waals surface area contributed by atoms with Crippen molar-refractivity contribution in [3.63, 3.8) is 0 Å². The number of carboxylic acids is 1. The lowest BCUT2D eigenvalue weighted by atomic mass is 10.1. The molecule has 1 fully saturated rings. The summed E-state index contributed by atoms with van der Waals surface area (Å²) >= 11 is 0. The quantitative estimate of drug-likeness (QED) is 0.614. The van der Waals surface area contributed by atoms with Crippen molar-refractivity contribution in [1.82, 2.24) is 10.2 Å². The number of carboxylic acid groups (broad SMARTS) is 1. The van der Waals surface area contributed by atoms with Crippen LogP contribution in [-0.2, 0) is 9.53 Å². The molecule has 0 aromatic carbocycles. The molecule has 5 nitrogen and oxygen atoms in total. The number of carbonyl (C=O) groups is 1. The fourth-order valence-corrected chi connectivity index (χ4v) is 1.78. The number of ether oxygens (including phenoxy) is 1. The van der Waals surface area contributed by atoms with Gasteiger partial charge in [-0.2, -0.15) is 0 Å². The molecule has 2 N–H and O–H groups in total. The van der Waals surface area contributed by atoms with Gasteiger partial charge < -0.3 is 20.1 Å². The molecule has 0 bridgehead atoms. The van der Waals surface area contributed by atoms with Crippen molar-refractivity contribution in [2.75, 3.05) is 46.4 Å². The predicted octanol–water partition coefficient (Wildman–Crippen LogP) is -0.371. The van der Waals surface area contributed by atoms with Gasteiger partial charge in [0.05, 0.1) is 5.92 Å². The Hall–Kier alpha value is -0.650. The average Bonchev–Trinajstić information content (AvgIpc) is 2.44. The van der Waals surface area contributed by atoms with E-state index in [4.69, 9.17) is 9.84 Å². The zero-order valence-electron chi connectivity index (χ0n) is 9.24. The molecular formula is C10H20N2O3. The molecule has 0 saturated carbocycles. The third-order valence-corrected chi connectivity index (χ3v) is 2.65. The average molecular weight is 216 g/mol. The molecule has 0 spiro atoms. The normalized spacial score (nSPS) is 23.7. The molecule has 1 rings (SSSR count). The van der Waals surface area contributed by atoms with Crippen molar-refractivity contribution >= 4 is 5.97 Å². The van der Waals surface area contributed by atoms with Crippen LogP contribution in [0.1, 0.15) is 6.42 Å². The van der Waals surface area contributed by atoms with Gasteiger partial charge in [-0.15, -0.1) is 0 Å². The zero-order valence-corrected chi connectivity index (χ0v) is 9.24. The maximum atomic E-state index is 10.9. The molecule has 1 saturated heterocycles. The van der Waals surface area contributed by atoms with Gasteiger partial charge >= 0.3 is 5.97 Å². The summed E-state index contributed by atoms with van der Waals surface area (Å²) in [6.07, 6.45) is 0.961. The second-order valence-electron chi connectivity index (χ2n) is 3.89. The van der Waals surface area contributed by atoms with E-state index in [0.717, 1.165) is 32.7 Å². The summed E-state index contributed by atoms with van der Waals surface area (Å²) in [6, 6.07) is 0. The fourth-order valence-electron chi connectivity index (χ4n) is 1.78. The van der Waals surface area contributed by atoms with Gasteiger partial charge in [0.2, 0.25) is 0 Å². The van der Waals surface area contributed by atoms with Crippen LogP contribution in [0.4, 0.5) is 0 Å². The minimum absolute atomic E-state index is 0.282. The van der Waals surface area contributed by atoms with Gasteiger partial charge in [-0.25, -0.2) is 0 Å². The lowest BCUT2D eigenvalue weighted by Gasteiger charge is -2.21. The van der Waals surface area contributed by atoms with Crippen molar-refractivity contribution in [3.05, 3.63) is 0 Å². The summed E-state index contributed by atoms with van der Waals surface area (Å²) in [5.74, 6) is -0.990. The third-order valence-electron chi connectivity index (χ3n) is 2.65. The lowest BCUT2D eigenvalue weighted by Crippen LogP contribution is -2.34. The van der Waals surface area contributed by atoms with Crippen molar-refractivity contribution in [3.8, 4) is 0 Å². The van der Waals surface area contributed by atoms with E-state index in [-0.39, 0.29) is 5.92 Å². The minimum Gasteiger partial charge on any atom is -0.481 e. The van der Waals surface area contributed by atoms with Crippen LogP contribution in [0.15, 0.2) is 0 Å². The molecule has 15 heavy (non-hydrogen) atoms. The number of hydrogen-bond acceptors (Lipinski definition) is 4. The molecular weight excluding hydrogens is 196 g/mol. The highest BCUT2D eigenvalue weighted by molar-refractivity contribution is 5.70. The van der Waals surface area contributed by atoms with E-state index in [1.54, 1.807) is 7.11 Å². The molecule has 0 radical (unpaired) electrons. The van der Waals surface area contributed by atoms with Gasteiger partial charge in [0.15, 0.2) is 0 Å². The molecule has 0 amide bonds. The highest BCUT2D eigenvalue weighted by Crippen LogP contribution is 2.04. The monoisotopic (exact) mass is 216 g/mol. The Labute approximate surface area is 90.4 Å². The molecule has 1 heterocycles. The van der Waals surface area contributed by atoms with Crippen molar-refractivity contribution in [2.45, 2.75) is 6.42 Å². The van der Waals surface area contributed by atoms with Crippen LogP contribution in [0.2, 0.25) is 0 Å². The summed E-state index contributed by atoms with van der Waals surface area (Å²) in [7, 11) is 1.68. The highest BCUT2D eigenvalue weighted by atomic mass is 16.5.